The third kappa shape index (κ3) is 2.77. The van der Waals surface area contributed by atoms with E-state index in [0.717, 1.165) is 17.5 Å². The van der Waals surface area contributed by atoms with Gasteiger partial charge in [0.1, 0.15) is 11.5 Å². The van der Waals surface area contributed by atoms with Crippen LogP contribution >= 0.6 is 11.6 Å². The highest BCUT2D eigenvalue weighted by Crippen LogP contribution is 2.56. The molecule has 1 fully saturated rings. The number of hydrogen-bond acceptors (Lipinski definition) is 2. The van der Waals surface area contributed by atoms with Gasteiger partial charge in [-0.1, -0.05) is 42.4 Å². The average molecular weight is 301 g/mol. The van der Waals surface area contributed by atoms with Crippen LogP contribution in [0.1, 0.15) is 34.9 Å². The van der Waals surface area contributed by atoms with E-state index in [0.29, 0.717) is 22.6 Å². The molecule has 108 valence electrons. The van der Waals surface area contributed by atoms with Crippen molar-refractivity contribution in [1.29, 1.82) is 0 Å². The fourth-order valence-corrected chi connectivity index (χ4v) is 3.10. The molecule has 0 amide bonds. The van der Waals surface area contributed by atoms with Gasteiger partial charge in [0.05, 0.1) is 7.11 Å². The number of benzene rings is 2. The van der Waals surface area contributed by atoms with E-state index < -0.39 is 0 Å². The normalized spacial score (nSPS) is 20.1. The third-order valence-corrected chi connectivity index (χ3v) is 4.38. The Bertz CT molecular complexity index is 693. The molecule has 3 heteroatoms. The first-order chi connectivity index (χ1) is 10.1. The van der Waals surface area contributed by atoms with Crippen molar-refractivity contribution in [2.45, 2.75) is 18.3 Å². The van der Waals surface area contributed by atoms with Crippen molar-refractivity contribution in [1.82, 2.24) is 0 Å². The lowest BCUT2D eigenvalue weighted by Crippen LogP contribution is -1.90. The van der Waals surface area contributed by atoms with Gasteiger partial charge < -0.3 is 9.84 Å². The van der Waals surface area contributed by atoms with Crippen LogP contribution in [0, 0.1) is 0 Å². The zero-order valence-electron chi connectivity index (χ0n) is 11.8. The molecule has 2 aromatic carbocycles. The highest BCUT2D eigenvalue weighted by molar-refractivity contribution is 6.31. The predicted octanol–water partition coefficient (Wildman–Crippen LogP) is 4.93. The monoisotopic (exact) mass is 300 g/mol. The number of rotatable bonds is 4. The second-order valence-electron chi connectivity index (χ2n) is 5.41. The first-order valence-corrected chi connectivity index (χ1v) is 7.29. The number of hydrogen-bond donors (Lipinski definition) is 1. The zero-order chi connectivity index (χ0) is 15.0. The predicted molar refractivity (Wildman–Crippen MR) is 85.7 cm³/mol. The highest BCUT2D eigenvalue weighted by atomic mass is 35.5. The number of ether oxygens (including phenoxy) is 1. The average Bonchev–Trinajstić information content (AvgIpc) is 3.27. The van der Waals surface area contributed by atoms with Crippen molar-refractivity contribution >= 4 is 17.4 Å². The second kappa shape index (κ2) is 5.45. The van der Waals surface area contributed by atoms with E-state index in [9.17, 15) is 5.11 Å². The lowest BCUT2D eigenvalue weighted by Gasteiger charge is -2.08. The standard InChI is InChI=1S/C18H17ClO2/c1-11(21-2)12-4-3-5-13(8-12)16-10-17(16)15-7-6-14(20)9-18(15)19/h3-9,16-17,20H,1,10H2,2H3. The fourth-order valence-electron chi connectivity index (χ4n) is 2.78. The quantitative estimate of drug-likeness (QED) is 0.811. The van der Waals surface area contributed by atoms with Gasteiger partial charge in [-0.15, -0.1) is 0 Å². The van der Waals surface area contributed by atoms with Crippen LogP contribution in [-0.4, -0.2) is 12.2 Å². The first kappa shape index (κ1) is 14.0. The Morgan fingerprint density at radius 1 is 1.24 bits per heavy atom. The molecule has 2 atom stereocenters. The van der Waals surface area contributed by atoms with Crippen LogP contribution in [0.5, 0.6) is 5.75 Å². The van der Waals surface area contributed by atoms with Gasteiger partial charge >= 0.3 is 0 Å². The number of methoxy groups -OCH3 is 1. The topological polar surface area (TPSA) is 29.5 Å². The van der Waals surface area contributed by atoms with Crippen LogP contribution < -0.4 is 0 Å². The zero-order valence-corrected chi connectivity index (χ0v) is 12.6. The van der Waals surface area contributed by atoms with Gasteiger partial charge in [-0.05, 0) is 47.6 Å². The van der Waals surface area contributed by atoms with Crippen molar-refractivity contribution in [3.05, 3.63) is 70.8 Å². The van der Waals surface area contributed by atoms with Gasteiger partial charge in [-0.2, -0.15) is 0 Å². The highest BCUT2D eigenvalue weighted by Gasteiger charge is 2.40. The van der Waals surface area contributed by atoms with E-state index in [1.54, 1.807) is 19.2 Å². The summed E-state index contributed by atoms with van der Waals surface area (Å²) in [6.07, 6.45) is 1.08. The summed E-state index contributed by atoms with van der Waals surface area (Å²) < 4.78 is 5.19. The molecule has 1 aliphatic carbocycles. The molecule has 0 saturated heterocycles. The maximum atomic E-state index is 9.44. The molecule has 0 spiro atoms. The molecule has 0 aliphatic heterocycles. The largest absolute Gasteiger partial charge is 0.508 e. The van der Waals surface area contributed by atoms with Crippen molar-refractivity contribution < 1.29 is 9.84 Å². The molecule has 0 aromatic heterocycles. The van der Waals surface area contributed by atoms with E-state index >= 15 is 0 Å². The minimum atomic E-state index is 0.208. The SMILES string of the molecule is C=C(OC)c1cccc(C2CC2c2ccc(O)cc2Cl)c1. The van der Waals surface area contributed by atoms with Crippen LogP contribution in [0.15, 0.2) is 49.0 Å². The Kier molecular flexibility index (Phi) is 3.64. The van der Waals surface area contributed by atoms with Crippen molar-refractivity contribution in [2.24, 2.45) is 0 Å². The Morgan fingerprint density at radius 3 is 2.76 bits per heavy atom. The molecule has 2 aromatic rings. The molecular formula is C18H17ClO2. The van der Waals surface area contributed by atoms with Gasteiger partial charge in [-0.3, -0.25) is 0 Å². The second-order valence-corrected chi connectivity index (χ2v) is 5.81. The van der Waals surface area contributed by atoms with Gasteiger partial charge in [-0.25, -0.2) is 0 Å². The van der Waals surface area contributed by atoms with E-state index in [4.69, 9.17) is 16.3 Å². The maximum Gasteiger partial charge on any atom is 0.118 e. The van der Waals surface area contributed by atoms with Gasteiger partial charge in [0, 0.05) is 10.6 Å². The molecule has 21 heavy (non-hydrogen) atoms. The van der Waals surface area contributed by atoms with Crippen LogP contribution in [0.3, 0.4) is 0 Å². The van der Waals surface area contributed by atoms with Crippen LogP contribution in [0.4, 0.5) is 0 Å². The summed E-state index contributed by atoms with van der Waals surface area (Å²) in [5, 5.41) is 10.1. The van der Waals surface area contributed by atoms with Crippen molar-refractivity contribution in [2.75, 3.05) is 7.11 Å². The first-order valence-electron chi connectivity index (χ1n) is 6.92. The molecule has 2 unspecified atom stereocenters. The summed E-state index contributed by atoms with van der Waals surface area (Å²) in [4.78, 5) is 0. The minimum Gasteiger partial charge on any atom is -0.508 e. The third-order valence-electron chi connectivity index (χ3n) is 4.06. The van der Waals surface area contributed by atoms with Crippen LogP contribution in [0.25, 0.3) is 5.76 Å². The van der Waals surface area contributed by atoms with E-state index in [-0.39, 0.29) is 5.75 Å². The van der Waals surface area contributed by atoms with E-state index in [1.165, 1.54) is 5.56 Å². The molecule has 1 aliphatic rings. The van der Waals surface area contributed by atoms with Crippen molar-refractivity contribution in [3.63, 3.8) is 0 Å². The Balaban J connectivity index is 1.83. The summed E-state index contributed by atoms with van der Waals surface area (Å²) in [6, 6.07) is 13.5. The minimum absolute atomic E-state index is 0.208. The smallest absolute Gasteiger partial charge is 0.118 e. The summed E-state index contributed by atoms with van der Waals surface area (Å²) in [7, 11) is 1.63. The molecule has 0 heterocycles. The van der Waals surface area contributed by atoms with E-state index in [2.05, 4.69) is 18.7 Å². The van der Waals surface area contributed by atoms with Crippen LogP contribution in [0.2, 0.25) is 5.02 Å². The molecule has 3 rings (SSSR count). The Morgan fingerprint density at radius 2 is 2.05 bits per heavy atom. The number of aromatic hydroxyl groups is 1. The molecule has 0 radical (unpaired) electrons. The summed E-state index contributed by atoms with van der Waals surface area (Å²) >= 11 is 6.23. The number of phenolic OH excluding ortho intramolecular Hbond substituents is 1. The van der Waals surface area contributed by atoms with Gasteiger partial charge in [0.15, 0.2) is 0 Å². The van der Waals surface area contributed by atoms with E-state index in [1.807, 2.05) is 18.2 Å². The lowest BCUT2D eigenvalue weighted by atomic mass is 10.0. The molecular weight excluding hydrogens is 284 g/mol. The van der Waals surface area contributed by atoms with Gasteiger partial charge in [0.2, 0.25) is 0 Å². The molecule has 1 N–H and O–H groups in total. The summed E-state index contributed by atoms with van der Waals surface area (Å²) in [5.41, 5.74) is 3.40. The Hall–Kier alpha value is -1.93. The summed E-state index contributed by atoms with van der Waals surface area (Å²) in [6.45, 7) is 3.89. The number of phenols is 1. The maximum absolute atomic E-state index is 9.44. The lowest BCUT2D eigenvalue weighted by molar-refractivity contribution is 0.371. The Labute approximate surface area is 129 Å². The fraction of sp³-hybridized carbons (Fsp3) is 0.222. The van der Waals surface area contributed by atoms with Crippen LogP contribution in [-0.2, 0) is 4.74 Å². The number of halogens is 1. The molecule has 1 saturated carbocycles. The molecule has 2 nitrogen and oxygen atoms in total. The molecule has 0 bridgehead atoms. The van der Waals surface area contributed by atoms with Crippen molar-refractivity contribution in [3.8, 4) is 5.75 Å². The van der Waals surface area contributed by atoms with Gasteiger partial charge in [0.25, 0.3) is 0 Å². The summed E-state index contributed by atoms with van der Waals surface area (Å²) in [5.74, 6) is 1.77.